The molecular weight excluding hydrogens is 665 g/mol. The van der Waals surface area contributed by atoms with Crippen molar-refractivity contribution in [1.29, 1.82) is 0 Å². The number of rotatable bonds is 7. The zero-order valence-corrected chi connectivity index (χ0v) is 31.8. The Kier molecular flexibility index (Phi) is 8.21. The summed E-state index contributed by atoms with van der Waals surface area (Å²) in [5.74, 6) is 0. The summed E-state index contributed by atoms with van der Waals surface area (Å²) in [6.45, 7) is 6.86. The first kappa shape index (κ1) is 33.3. The number of benzene rings is 7. The Morgan fingerprint density at radius 2 is 1.20 bits per heavy atom. The zero-order valence-electron chi connectivity index (χ0n) is 31.8. The van der Waals surface area contributed by atoms with E-state index in [0.717, 1.165) is 42.7 Å². The van der Waals surface area contributed by atoms with Gasteiger partial charge in [-0.1, -0.05) is 122 Å². The van der Waals surface area contributed by atoms with Gasteiger partial charge in [-0.15, -0.1) is 0 Å². The summed E-state index contributed by atoms with van der Waals surface area (Å²) in [7, 11) is 0. The Bertz CT molecular complexity index is 2640. The number of hydrogen-bond acceptors (Lipinski definition) is 3. The van der Waals surface area contributed by atoms with E-state index in [1.54, 1.807) is 5.57 Å². The highest BCUT2D eigenvalue weighted by Crippen LogP contribution is 2.51. The van der Waals surface area contributed by atoms with E-state index in [0.29, 0.717) is 0 Å². The number of nitrogens with zero attached hydrogens (tertiary/aromatic N) is 3. The van der Waals surface area contributed by atoms with Gasteiger partial charge in [0, 0.05) is 51.2 Å². The summed E-state index contributed by atoms with van der Waals surface area (Å²) in [6, 6.07) is 60.9. The standard InChI is InChI=1S/C51H44BN3/c1-4-13-38-24-31-48-50-51(38)55(41-18-9-6-10-19-41)49-34-44(53(40-16-7-5-8-17-40)43-27-23-37-14-11-12-15-39(37)33-43)28-29-45(49)52(50)46-32-36(3)22-30-47(46)54(48)42-25-20-35(2)21-26-42/h5-12,14-23,25-30,32-34H,4,13,24,31H2,1-3H3. The average Bonchev–Trinajstić information content (AvgIpc) is 3.22. The summed E-state index contributed by atoms with van der Waals surface area (Å²) in [4.78, 5) is 7.63. The minimum Gasteiger partial charge on any atom is -0.315 e. The van der Waals surface area contributed by atoms with Crippen LogP contribution in [0.3, 0.4) is 0 Å². The van der Waals surface area contributed by atoms with Crippen LogP contribution in [-0.4, -0.2) is 6.71 Å². The van der Waals surface area contributed by atoms with E-state index < -0.39 is 0 Å². The first-order chi connectivity index (χ1) is 27.1. The van der Waals surface area contributed by atoms with Crippen molar-refractivity contribution in [3.05, 3.63) is 197 Å². The van der Waals surface area contributed by atoms with Crippen LogP contribution < -0.4 is 25.6 Å². The van der Waals surface area contributed by atoms with Crippen molar-refractivity contribution in [2.24, 2.45) is 0 Å². The molecule has 2 aliphatic heterocycles. The van der Waals surface area contributed by atoms with Gasteiger partial charge in [-0.25, -0.2) is 0 Å². The van der Waals surface area contributed by atoms with Gasteiger partial charge in [0.1, 0.15) is 0 Å². The SMILES string of the molecule is CCCC1=C2C3=C(CC1)N(c1ccc(C)cc1)c1ccc(C)cc1B3c1ccc(N(c3ccccc3)c3ccc4ccccc4c3)cc1N2c1ccccc1. The number of anilines is 7. The van der Waals surface area contributed by atoms with E-state index in [1.165, 1.54) is 72.4 Å². The Balaban J connectivity index is 1.27. The van der Waals surface area contributed by atoms with Gasteiger partial charge in [0.15, 0.2) is 0 Å². The maximum atomic E-state index is 2.62. The smallest absolute Gasteiger partial charge is 0.251 e. The molecule has 7 aromatic carbocycles. The lowest BCUT2D eigenvalue weighted by Crippen LogP contribution is -2.57. The molecule has 0 N–H and O–H groups in total. The van der Waals surface area contributed by atoms with Gasteiger partial charge < -0.3 is 14.7 Å². The molecule has 0 saturated carbocycles. The van der Waals surface area contributed by atoms with E-state index in [1.807, 2.05) is 0 Å². The number of fused-ring (bicyclic) bond motifs is 5. The largest absolute Gasteiger partial charge is 0.315 e. The molecule has 0 fully saturated rings. The molecule has 0 unspecified atom stereocenters. The molecule has 10 rings (SSSR count). The normalized spacial score (nSPS) is 14.6. The van der Waals surface area contributed by atoms with Crippen LogP contribution in [0.4, 0.5) is 39.8 Å². The average molecular weight is 710 g/mol. The maximum absolute atomic E-state index is 2.62. The number of allylic oxidation sites excluding steroid dienone is 3. The fraction of sp³-hybridized carbons (Fsp3) is 0.137. The predicted molar refractivity (Wildman–Crippen MR) is 235 cm³/mol. The van der Waals surface area contributed by atoms with Crippen LogP contribution in [0.15, 0.2) is 186 Å². The van der Waals surface area contributed by atoms with Crippen LogP contribution >= 0.6 is 0 Å². The van der Waals surface area contributed by atoms with Crippen LogP contribution in [0, 0.1) is 13.8 Å². The Hall–Kier alpha value is -6.26. The lowest BCUT2D eigenvalue weighted by molar-refractivity contribution is 0.764. The lowest BCUT2D eigenvalue weighted by Gasteiger charge is -2.49. The minimum atomic E-state index is 0.114. The van der Waals surface area contributed by atoms with Gasteiger partial charge in [0.2, 0.25) is 0 Å². The third-order valence-electron chi connectivity index (χ3n) is 11.8. The summed E-state index contributed by atoms with van der Waals surface area (Å²) < 4.78 is 0. The molecule has 1 aliphatic carbocycles. The quantitative estimate of drug-likeness (QED) is 0.153. The summed E-state index contributed by atoms with van der Waals surface area (Å²) in [6.07, 6.45) is 4.26. The molecular formula is C51H44BN3. The molecule has 0 radical (unpaired) electrons. The van der Waals surface area contributed by atoms with Crippen molar-refractivity contribution in [3.8, 4) is 0 Å². The Morgan fingerprint density at radius 1 is 0.527 bits per heavy atom. The Labute approximate surface area is 325 Å². The zero-order chi connectivity index (χ0) is 37.0. The van der Waals surface area contributed by atoms with Crippen molar-refractivity contribution in [3.63, 3.8) is 0 Å². The van der Waals surface area contributed by atoms with E-state index in [-0.39, 0.29) is 6.71 Å². The van der Waals surface area contributed by atoms with Crippen LogP contribution in [0.5, 0.6) is 0 Å². The molecule has 0 spiro atoms. The van der Waals surface area contributed by atoms with Crippen molar-refractivity contribution >= 4 is 68.2 Å². The van der Waals surface area contributed by atoms with Gasteiger partial charge in [0.25, 0.3) is 6.71 Å². The van der Waals surface area contributed by atoms with E-state index in [2.05, 4.69) is 199 Å². The van der Waals surface area contributed by atoms with Gasteiger partial charge in [-0.2, -0.15) is 0 Å². The van der Waals surface area contributed by atoms with Crippen molar-refractivity contribution < 1.29 is 0 Å². The molecule has 266 valence electrons. The number of para-hydroxylation sites is 2. The summed E-state index contributed by atoms with van der Waals surface area (Å²) in [5.41, 5.74) is 19.5. The van der Waals surface area contributed by atoms with Gasteiger partial charge in [-0.05, 0) is 133 Å². The first-order valence-electron chi connectivity index (χ1n) is 19.8. The second-order valence-corrected chi connectivity index (χ2v) is 15.3. The maximum Gasteiger partial charge on any atom is 0.251 e. The van der Waals surface area contributed by atoms with Crippen LogP contribution in [-0.2, 0) is 0 Å². The van der Waals surface area contributed by atoms with Gasteiger partial charge in [0.05, 0.1) is 0 Å². The highest BCUT2D eigenvalue weighted by Gasteiger charge is 2.47. The van der Waals surface area contributed by atoms with Gasteiger partial charge in [-0.3, -0.25) is 0 Å². The molecule has 4 heteroatoms. The summed E-state index contributed by atoms with van der Waals surface area (Å²) in [5, 5.41) is 2.48. The molecule has 3 aliphatic rings. The van der Waals surface area contributed by atoms with Crippen LogP contribution in [0.1, 0.15) is 43.7 Å². The third kappa shape index (κ3) is 5.59. The van der Waals surface area contributed by atoms with Crippen LogP contribution in [0.2, 0.25) is 0 Å². The first-order valence-corrected chi connectivity index (χ1v) is 19.8. The summed E-state index contributed by atoms with van der Waals surface area (Å²) >= 11 is 0. The van der Waals surface area contributed by atoms with Crippen molar-refractivity contribution in [2.75, 3.05) is 14.7 Å². The second-order valence-electron chi connectivity index (χ2n) is 15.3. The monoisotopic (exact) mass is 709 g/mol. The molecule has 7 aromatic rings. The molecule has 0 amide bonds. The predicted octanol–water partition coefficient (Wildman–Crippen LogP) is 12.5. The lowest BCUT2D eigenvalue weighted by atomic mass is 9.31. The molecule has 0 bridgehead atoms. The highest BCUT2D eigenvalue weighted by atomic mass is 15.2. The highest BCUT2D eigenvalue weighted by molar-refractivity contribution is 6.94. The van der Waals surface area contributed by atoms with E-state index in [4.69, 9.17) is 0 Å². The molecule has 0 aromatic heterocycles. The van der Waals surface area contributed by atoms with E-state index in [9.17, 15) is 0 Å². The number of aryl methyl sites for hydroxylation is 2. The van der Waals surface area contributed by atoms with Crippen molar-refractivity contribution in [2.45, 2.75) is 46.5 Å². The molecule has 0 saturated heterocycles. The molecule has 2 heterocycles. The molecule has 55 heavy (non-hydrogen) atoms. The van der Waals surface area contributed by atoms with E-state index >= 15 is 0 Å². The molecule has 0 atom stereocenters. The van der Waals surface area contributed by atoms with Crippen molar-refractivity contribution in [1.82, 2.24) is 0 Å². The third-order valence-corrected chi connectivity index (χ3v) is 11.8. The Morgan fingerprint density at radius 3 is 1.98 bits per heavy atom. The van der Waals surface area contributed by atoms with Gasteiger partial charge >= 0.3 is 0 Å². The fourth-order valence-electron chi connectivity index (χ4n) is 9.34. The second kappa shape index (κ2) is 13.6. The van der Waals surface area contributed by atoms with Crippen LogP contribution in [0.25, 0.3) is 10.8 Å². The topological polar surface area (TPSA) is 9.72 Å². The fourth-order valence-corrected chi connectivity index (χ4v) is 9.34. The number of hydrogen-bond donors (Lipinski definition) is 0. The minimum absolute atomic E-state index is 0.114. The molecule has 3 nitrogen and oxygen atoms in total.